The van der Waals surface area contributed by atoms with E-state index in [2.05, 4.69) is 15.0 Å². The van der Waals surface area contributed by atoms with E-state index in [0.29, 0.717) is 23.1 Å². The molecule has 0 fully saturated rings. The molecule has 1 unspecified atom stereocenters. The molecule has 0 saturated heterocycles. The number of hydrogen-bond donors (Lipinski definition) is 0. The summed E-state index contributed by atoms with van der Waals surface area (Å²) in [6.07, 6.45) is 5.85. The second kappa shape index (κ2) is 8.62. The average molecular weight is 368 g/mol. The van der Waals surface area contributed by atoms with Crippen molar-refractivity contribution in [1.29, 1.82) is 0 Å². The number of aromatic nitrogens is 3. The van der Waals surface area contributed by atoms with Crippen molar-refractivity contribution >= 4 is 17.7 Å². The van der Waals surface area contributed by atoms with Gasteiger partial charge in [0.1, 0.15) is 5.76 Å². The number of furan rings is 1. The first-order valence-electron chi connectivity index (χ1n) is 8.29. The summed E-state index contributed by atoms with van der Waals surface area (Å²) < 4.78 is 5.71. The van der Waals surface area contributed by atoms with Gasteiger partial charge in [-0.3, -0.25) is 9.78 Å². The number of likely N-dealkylation sites (N-methyl/N-ethyl adjacent to an activating group) is 1. The Kier molecular flexibility index (Phi) is 6.01. The number of pyridine rings is 1. The van der Waals surface area contributed by atoms with E-state index in [1.54, 1.807) is 42.7 Å². The van der Waals surface area contributed by atoms with Crippen LogP contribution in [-0.4, -0.2) is 38.8 Å². The number of amides is 1. The minimum absolute atomic E-state index is 0.0121. The van der Waals surface area contributed by atoms with E-state index in [1.165, 1.54) is 11.8 Å². The third-order valence-corrected chi connectivity index (χ3v) is 4.87. The Labute approximate surface area is 156 Å². The maximum Gasteiger partial charge on any atom is 0.289 e. The minimum atomic E-state index is -0.138. The molecule has 0 aliphatic rings. The van der Waals surface area contributed by atoms with Gasteiger partial charge in [0.05, 0.1) is 5.75 Å². The molecule has 26 heavy (non-hydrogen) atoms. The van der Waals surface area contributed by atoms with Crippen molar-refractivity contribution in [3.63, 3.8) is 0 Å². The van der Waals surface area contributed by atoms with Crippen LogP contribution in [0.4, 0.5) is 0 Å². The SMILES string of the molecule is CC(Cc1ccccn1)N(C)C(=O)c1ccc(CSc2ncccn2)o1. The van der Waals surface area contributed by atoms with E-state index < -0.39 is 0 Å². The first-order chi connectivity index (χ1) is 12.6. The third kappa shape index (κ3) is 4.70. The van der Waals surface area contributed by atoms with Crippen molar-refractivity contribution in [2.24, 2.45) is 0 Å². The molecule has 0 aliphatic carbocycles. The van der Waals surface area contributed by atoms with Crippen molar-refractivity contribution in [2.75, 3.05) is 7.05 Å². The highest BCUT2D eigenvalue weighted by Gasteiger charge is 2.21. The molecule has 3 aromatic heterocycles. The second-order valence-corrected chi connectivity index (χ2v) is 6.82. The Hall–Kier alpha value is -2.67. The van der Waals surface area contributed by atoms with Crippen molar-refractivity contribution < 1.29 is 9.21 Å². The Morgan fingerprint density at radius 1 is 1.12 bits per heavy atom. The second-order valence-electron chi connectivity index (χ2n) is 5.88. The summed E-state index contributed by atoms with van der Waals surface area (Å²) in [5, 5.41) is 0.679. The van der Waals surface area contributed by atoms with E-state index in [1.807, 2.05) is 31.2 Å². The number of carbonyl (C=O) groups is 1. The van der Waals surface area contributed by atoms with Crippen LogP contribution in [0.1, 0.15) is 28.9 Å². The number of carbonyl (C=O) groups excluding carboxylic acids is 1. The molecule has 0 radical (unpaired) electrons. The van der Waals surface area contributed by atoms with E-state index >= 15 is 0 Å². The van der Waals surface area contributed by atoms with Gasteiger partial charge in [0.25, 0.3) is 5.91 Å². The zero-order valence-electron chi connectivity index (χ0n) is 14.7. The zero-order chi connectivity index (χ0) is 18.4. The van der Waals surface area contributed by atoms with Crippen LogP contribution >= 0.6 is 11.8 Å². The molecule has 1 amide bonds. The molecule has 3 heterocycles. The maximum absolute atomic E-state index is 12.6. The van der Waals surface area contributed by atoms with Gasteiger partial charge in [-0.2, -0.15) is 0 Å². The fourth-order valence-electron chi connectivity index (χ4n) is 2.40. The van der Waals surface area contributed by atoms with Crippen LogP contribution in [0.25, 0.3) is 0 Å². The lowest BCUT2D eigenvalue weighted by Gasteiger charge is -2.23. The summed E-state index contributed by atoms with van der Waals surface area (Å²) in [6, 6.07) is 11.1. The third-order valence-electron chi connectivity index (χ3n) is 3.97. The highest BCUT2D eigenvalue weighted by Crippen LogP contribution is 2.21. The molecule has 0 aromatic carbocycles. The van der Waals surface area contributed by atoms with Crippen molar-refractivity contribution in [3.8, 4) is 0 Å². The summed E-state index contributed by atoms with van der Waals surface area (Å²) in [4.78, 5) is 27.0. The highest BCUT2D eigenvalue weighted by atomic mass is 32.2. The van der Waals surface area contributed by atoms with Crippen molar-refractivity contribution in [1.82, 2.24) is 19.9 Å². The normalized spacial score (nSPS) is 11.9. The van der Waals surface area contributed by atoms with Gasteiger partial charge < -0.3 is 9.32 Å². The smallest absolute Gasteiger partial charge is 0.289 e. The van der Waals surface area contributed by atoms with Crippen LogP contribution in [-0.2, 0) is 12.2 Å². The van der Waals surface area contributed by atoms with Crippen LogP contribution in [0.15, 0.2) is 64.6 Å². The number of rotatable bonds is 7. The lowest BCUT2D eigenvalue weighted by molar-refractivity contribution is 0.0709. The van der Waals surface area contributed by atoms with E-state index in [4.69, 9.17) is 4.42 Å². The van der Waals surface area contributed by atoms with Gasteiger partial charge in [-0.25, -0.2) is 9.97 Å². The highest BCUT2D eigenvalue weighted by molar-refractivity contribution is 7.98. The molecule has 0 saturated carbocycles. The van der Waals surface area contributed by atoms with Gasteiger partial charge in [-0.15, -0.1) is 0 Å². The van der Waals surface area contributed by atoms with Gasteiger partial charge in [-0.1, -0.05) is 17.8 Å². The Morgan fingerprint density at radius 3 is 2.62 bits per heavy atom. The maximum atomic E-state index is 12.6. The van der Waals surface area contributed by atoms with Crippen molar-refractivity contribution in [2.45, 2.75) is 30.3 Å². The summed E-state index contributed by atoms with van der Waals surface area (Å²) in [6.45, 7) is 2.00. The molecule has 7 heteroatoms. The Bertz CT molecular complexity index is 839. The Morgan fingerprint density at radius 2 is 1.88 bits per heavy atom. The molecule has 0 aliphatic heterocycles. The standard InChI is InChI=1S/C19H20N4O2S/c1-14(12-15-6-3-4-9-20-15)23(2)18(24)17-8-7-16(25-17)13-26-19-21-10-5-11-22-19/h3-11,14H,12-13H2,1-2H3. The fourth-order valence-corrected chi connectivity index (χ4v) is 3.10. The average Bonchev–Trinajstić information content (AvgIpc) is 3.16. The van der Waals surface area contributed by atoms with Gasteiger partial charge in [0, 0.05) is 43.8 Å². The van der Waals surface area contributed by atoms with Gasteiger partial charge in [0.15, 0.2) is 10.9 Å². The van der Waals surface area contributed by atoms with Crippen molar-refractivity contribution in [3.05, 3.63) is 72.2 Å². The molecule has 0 spiro atoms. The predicted molar refractivity (Wildman–Crippen MR) is 99.8 cm³/mol. The molecular formula is C19H20N4O2S. The van der Waals surface area contributed by atoms with Crippen LogP contribution in [0.3, 0.4) is 0 Å². The van der Waals surface area contributed by atoms with Crippen LogP contribution in [0, 0.1) is 0 Å². The first-order valence-corrected chi connectivity index (χ1v) is 9.27. The quantitative estimate of drug-likeness (QED) is 0.470. The Balaban J connectivity index is 1.58. The molecule has 1 atom stereocenters. The molecular weight excluding hydrogens is 348 g/mol. The lowest BCUT2D eigenvalue weighted by Crippen LogP contribution is -2.36. The number of nitrogens with zero attached hydrogens (tertiary/aromatic N) is 4. The van der Waals surface area contributed by atoms with Gasteiger partial charge in [-0.05, 0) is 37.3 Å². The van der Waals surface area contributed by atoms with Gasteiger partial charge >= 0.3 is 0 Å². The topological polar surface area (TPSA) is 72.1 Å². The summed E-state index contributed by atoms with van der Waals surface area (Å²) in [5.74, 6) is 1.49. The largest absolute Gasteiger partial charge is 0.455 e. The molecule has 134 valence electrons. The van der Waals surface area contributed by atoms with E-state index in [9.17, 15) is 4.79 Å². The fraction of sp³-hybridized carbons (Fsp3) is 0.263. The summed E-state index contributed by atoms with van der Waals surface area (Å²) in [5.41, 5.74) is 0.957. The van der Waals surface area contributed by atoms with E-state index in [-0.39, 0.29) is 11.9 Å². The van der Waals surface area contributed by atoms with Gasteiger partial charge in [0.2, 0.25) is 0 Å². The molecule has 0 bridgehead atoms. The molecule has 3 aromatic rings. The predicted octanol–water partition coefficient (Wildman–Crippen LogP) is 3.46. The zero-order valence-corrected chi connectivity index (χ0v) is 15.5. The lowest BCUT2D eigenvalue weighted by atomic mass is 10.1. The number of hydrogen-bond acceptors (Lipinski definition) is 6. The minimum Gasteiger partial charge on any atom is -0.455 e. The van der Waals surface area contributed by atoms with Crippen LogP contribution in [0.5, 0.6) is 0 Å². The monoisotopic (exact) mass is 368 g/mol. The summed E-state index contributed by atoms with van der Waals surface area (Å²) >= 11 is 1.47. The molecule has 3 rings (SSSR count). The molecule has 6 nitrogen and oxygen atoms in total. The molecule has 0 N–H and O–H groups in total. The summed E-state index contributed by atoms with van der Waals surface area (Å²) in [7, 11) is 1.78. The number of thioether (sulfide) groups is 1. The van der Waals surface area contributed by atoms with Crippen LogP contribution < -0.4 is 0 Å². The first kappa shape index (κ1) is 18.1. The van der Waals surface area contributed by atoms with Crippen LogP contribution in [0.2, 0.25) is 0 Å². The van der Waals surface area contributed by atoms with E-state index in [0.717, 1.165) is 11.5 Å².